The van der Waals surface area contributed by atoms with Crippen LogP contribution in [0.5, 0.6) is 5.75 Å². The zero-order valence-corrected chi connectivity index (χ0v) is 26.4. The van der Waals surface area contributed by atoms with Crippen LogP contribution in [0.3, 0.4) is 0 Å². The summed E-state index contributed by atoms with van der Waals surface area (Å²) in [5, 5.41) is 4.11. The molecule has 2 bridgehead atoms. The van der Waals surface area contributed by atoms with Gasteiger partial charge in [-0.1, -0.05) is 18.2 Å². The van der Waals surface area contributed by atoms with Gasteiger partial charge in [-0.2, -0.15) is 0 Å². The molecule has 0 unspecified atom stereocenters. The molecule has 0 radical (unpaired) electrons. The number of carbonyl (C=O) groups excluding carboxylic acids is 2. The maximum atomic E-state index is 13.8. The molecule has 0 spiro atoms. The summed E-state index contributed by atoms with van der Waals surface area (Å²) in [6, 6.07) is 19.2. The van der Waals surface area contributed by atoms with Gasteiger partial charge in [0.05, 0.1) is 30.1 Å². The Hall–Kier alpha value is -4.70. The van der Waals surface area contributed by atoms with Crippen molar-refractivity contribution in [2.45, 2.75) is 69.7 Å². The molecule has 10 nitrogen and oxygen atoms in total. The second-order valence-electron chi connectivity index (χ2n) is 13.2. The second-order valence-corrected chi connectivity index (χ2v) is 13.2. The number of rotatable bonds is 8. The number of carbonyl (C=O) groups is 2. The summed E-state index contributed by atoms with van der Waals surface area (Å²) < 4.78 is 10.2. The molecule has 5 heterocycles. The van der Waals surface area contributed by atoms with E-state index in [0.717, 1.165) is 59.6 Å². The first-order valence-electron chi connectivity index (χ1n) is 16.3. The van der Waals surface area contributed by atoms with E-state index in [1.807, 2.05) is 67.4 Å². The van der Waals surface area contributed by atoms with E-state index in [2.05, 4.69) is 26.6 Å². The van der Waals surface area contributed by atoms with Gasteiger partial charge in [0.25, 0.3) is 11.8 Å². The summed E-state index contributed by atoms with van der Waals surface area (Å²) in [5.41, 5.74) is 11.7. The monoisotopic (exact) mass is 617 g/mol. The molecule has 2 saturated heterocycles. The molecule has 3 N–H and O–H groups in total. The lowest BCUT2D eigenvalue weighted by atomic mass is 9.97. The average Bonchev–Trinajstić information content (AvgIpc) is 3.38. The van der Waals surface area contributed by atoms with E-state index in [-0.39, 0.29) is 36.0 Å². The molecule has 8 rings (SSSR count). The second kappa shape index (κ2) is 11.0. The van der Waals surface area contributed by atoms with Gasteiger partial charge in [-0.3, -0.25) is 9.59 Å². The molecule has 2 aliphatic heterocycles. The molecular weight excluding hydrogens is 578 g/mol. The molecule has 3 fully saturated rings. The fourth-order valence-electron chi connectivity index (χ4n) is 7.57. The Balaban J connectivity index is 1.18. The van der Waals surface area contributed by atoms with Gasteiger partial charge in [-0.25, -0.2) is 9.97 Å². The minimum absolute atomic E-state index is 0.000838. The number of nitrogens with one attached hydrogen (secondary N) is 1. The molecule has 236 valence electrons. The van der Waals surface area contributed by atoms with Crippen molar-refractivity contribution in [1.29, 1.82) is 0 Å². The Labute approximate surface area is 267 Å². The molecule has 46 heavy (non-hydrogen) atoms. The first-order chi connectivity index (χ1) is 22.3. The summed E-state index contributed by atoms with van der Waals surface area (Å²) in [4.78, 5) is 38.9. The van der Waals surface area contributed by atoms with Gasteiger partial charge in [0, 0.05) is 48.2 Å². The smallest absolute Gasteiger partial charge is 0.254 e. The number of fused-ring (bicyclic) bond motifs is 4. The number of benzene rings is 2. The molecule has 3 aromatic heterocycles. The van der Waals surface area contributed by atoms with Crippen LogP contribution in [0, 0.1) is 5.92 Å². The SMILES string of the molecule is COc1cc(C(=O)N2[C@H]3CC[C@@H]2[C@H](N)C3)cc2nc(-c3cc4ccc([C@@H](C)NC(=O)c5ccccc5)nc4n3CC3CC3)n(C)c12. The lowest BCUT2D eigenvalue weighted by molar-refractivity contribution is 0.0726. The van der Waals surface area contributed by atoms with E-state index in [1.54, 1.807) is 7.11 Å². The fourth-order valence-corrected chi connectivity index (χ4v) is 7.57. The van der Waals surface area contributed by atoms with E-state index in [9.17, 15) is 9.59 Å². The van der Waals surface area contributed by atoms with Gasteiger partial charge in [-0.15, -0.1) is 0 Å². The maximum Gasteiger partial charge on any atom is 0.254 e. The first-order valence-corrected chi connectivity index (χ1v) is 16.3. The third-order valence-corrected chi connectivity index (χ3v) is 10.2. The van der Waals surface area contributed by atoms with Gasteiger partial charge in [0.2, 0.25) is 0 Å². The number of ether oxygens (including phenoxy) is 1. The van der Waals surface area contributed by atoms with Crippen molar-refractivity contribution in [1.82, 2.24) is 29.3 Å². The van der Waals surface area contributed by atoms with Crippen LogP contribution in [-0.4, -0.2) is 61.1 Å². The number of aromatic nitrogens is 4. The molecule has 2 amide bonds. The van der Waals surface area contributed by atoms with Crippen LogP contribution >= 0.6 is 0 Å². The van der Waals surface area contributed by atoms with Gasteiger partial charge in [0.1, 0.15) is 16.9 Å². The summed E-state index contributed by atoms with van der Waals surface area (Å²) in [7, 11) is 3.63. The number of methoxy groups -OCH3 is 1. The topological polar surface area (TPSA) is 120 Å². The third-order valence-electron chi connectivity index (χ3n) is 10.2. The van der Waals surface area contributed by atoms with Gasteiger partial charge in [-0.05, 0) is 87.4 Å². The van der Waals surface area contributed by atoms with Crippen molar-refractivity contribution in [3.05, 3.63) is 77.5 Å². The Morgan fingerprint density at radius 2 is 1.83 bits per heavy atom. The zero-order chi connectivity index (χ0) is 31.7. The van der Waals surface area contributed by atoms with Crippen molar-refractivity contribution < 1.29 is 14.3 Å². The fraction of sp³-hybridized carbons (Fsp3) is 0.389. The molecule has 3 aliphatic rings. The molecule has 5 aromatic rings. The van der Waals surface area contributed by atoms with Crippen LogP contribution in [0.4, 0.5) is 0 Å². The summed E-state index contributed by atoms with van der Waals surface area (Å²) >= 11 is 0. The normalized spacial score (nSPS) is 21.3. The van der Waals surface area contributed by atoms with Crippen molar-refractivity contribution in [3.63, 3.8) is 0 Å². The Morgan fingerprint density at radius 1 is 1.02 bits per heavy atom. The maximum absolute atomic E-state index is 13.8. The highest BCUT2D eigenvalue weighted by Crippen LogP contribution is 2.40. The van der Waals surface area contributed by atoms with Crippen LogP contribution in [0.2, 0.25) is 0 Å². The number of amides is 2. The summed E-state index contributed by atoms with van der Waals surface area (Å²) in [6.45, 7) is 2.80. The minimum Gasteiger partial charge on any atom is -0.494 e. The van der Waals surface area contributed by atoms with Gasteiger partial charge < -0.3 is 29.8 Å². The van der Waals surface area contributed by atoms with Crippen molar-refractivity contribution >= 4 is 33.9 Å². The minimum atomic E-state index is -0.277. The molecular formula is C36H39N7O3. The van der Waals surface area contributed by atoms with E-state index in [4.69, 9.17) is 20.4 Å². The number of imidazole rings is 1. The number of nitrogens with zero attached hydrogens (tertiary/aromatic N) is 5. The third kappa shape index (κ3) is 4.74. The Kier molecular flexibility index (Phi) is 6.86. The van der Waals surface area contributed by atoms with E-state index >= 15 is 0 Å². The summed E-state index contributed by atoms with van der Waals surface area (Å²) in [6.07, 6.45) is 5.21. The van der Waals surface area contributed by atoms with Crippen LogP contribution in [0.1, 0.15) is 71.5 Å². The van der Waals surface area contributed by atoms with Gasteiger partial charge >= 0.3 is 0 Å². The summed E-state index contributed by atoms with van der Waals surface area (Å²) in [5.74, 6) is 1.86. The molecule has 10 heteroatoms. The lowest BCUT2D eigenvalue weighted by Crippen LogP contribution is -2.40. The largest absolute Gasteiger partial charge is 0.494 e. The zero-order valence-electron chi connectivity index (χ0n) is 26.4. The quantitative estimate of drug-likeness (QED) is 0.247. The van der Waals surface area contributed by atoms with E-state index < -0.39 is 0 Å². The highest BCUT2D eigenvalue weighted by molar-refractivity contribution is 6.01. The number of hydrogen-bond acceptors (Lipinski definition) is 6. The number of pyridine rings is 1. The van der Waals surface area contributed by atoms with Gasteiger partial charge in [0.15, 0.2) is 5.82 Å². The standard InChI is InChI=1S/C36H39N7O3/c1-20(38-35(44)22-7-5-4-6-8-22)27-13-11-23-16-30(42(33(23)39-27)19-21-9-10-21)34-40-28-15-24(17-31(46-3)32(28)41(34)2)36(45)43-25-12-14-29(43)26(37)18-25/h4-8,11,13,15-17,20-21,25-26,29H,9-10,12,14,18-19,37H2,1-3H3,(H,38,44)/t20-,25+,26-,29-/m1/s1. The number of aryl methyl sites for hydroxylation is 1. The van der Waals surface area contributed by atoms with Crippen LogP contribution in [-0.2, 0) is 13.6 Å². The molecule has 1 aliphatic carbocycles. The highest BCUT2D eigenvalue weighted by Gasteiger charge is 2.47. The van der Waals surface area contributed by atoms with E-state index in [1.165, 1.54) is 12.8 Å². The predicted octanol–water partition coefficient (Wildman–Crippen LogP) is 5.20. The number of hydrogen-bond donors (Lipinski definition) is 2. The molecule has 2 aromatic carbocycles. The van der Waals surface area contributed by atoms with Crippen molar-refractivity contribution in [3.8, 4) is 17.3 Å². The number of nitrogens with two attached hydrogens (primary N) is 1. The lowest BCUT2D eigenvalue weighted by Gasteiger charge is -2.23. The van der Waals surface area contributed by atoms with Crippen LogP contribution in [0.25, 0.3) is 33.6 Å². The highest BCUT2D eigenvalue weighted by atomic mass is 16.5. The Morgan fingerprint density at radius 3 is 2.52 bits per heavy atom. The Bertz CT molecular complexity index is 1990. The molecule has 1 saturated carbocycles. The van der Waals surface area contributed by atoms with Crippen LogP contribution in [0.15, 0.2) is 60.7 Å². The van der Waals surface area contributed by atoms with Crippen LogP contribution < -0.4 is 15.8 Å². The first kappa shape index (κ1) is 28.8. The average molecular weight is 618 g/mol. The van der Waals surface area contributed by atoms with Crippen molar-refractivity contribution in [2.75, 3.05) is 7.11 Å². The van der Waals surface area contributed by atoms with Crippen molar-refractivity contribution in [2.24, 2.45) is 18.7 Å². The molecule has 4 atom stereocenters. The van der Waals surface area contributed by atoms with E-state index in [0.29, 0.717) is 28.3 Å². The predicted molar refractivity (Wildman–Crippen MR) is 177 cm³/mol.